The first-order chi connectivity index (χ1) is 8.30. The zero-order valence-corrected chi connectivity index (χ0v) is 10.1. The average Bonchev–Trinajstić information content (AvgIpc) is 2.71. The topological polar surface area (TPSA) is 44.5 Å². The summed E-state index contributed by atoms with van der Waals surface area (Å²) < 4.78 is 11.3. The molecule has 3 nitrogen and oxygen atoms in total. The number of nitrogens with two attached hydrogens (primary N) is 1. The van der Waals surface area contributed by atoms with E-state index in [4.69, 9.17) is 15.2 Å². The van der Waals surface area contributed by atoms with Gasteiger partial charge in [-0.05, 0) is 24.8 Å². The van der Waals surface area contributed by atoms with E-state index in [1.54, 1.807) is 0 Å². The van der Waals surface area contributed by atoms with Crippen molar-refractivity contribution in [2.75, 3.05) is 19.8 Å². The Morgan fingerprint density at radius 1 is 1.12 bits per heavy atom. The first-order valence-corrected chi connectivity index (χ1v) is 6.41. The molecule has 0 aromatic heterocycles. The fourth-order valence-corrected chi connectivity index (χ4v) is 2.85. The highest BCUT2D eigenvalue weighted by Crippen LogP contribution is 2.39. The second-order valence-electron chi connectivity index (χ2n) is 5.01. The van der Waals surface area contributed by atoms with E-state index in [2.05, 4.69) is 18.2 Å². The fraction of sp³-hybridized carbons (Fsp3) is 0.571. The van der Waals surface area contributed by atoms with Gasteiger partial charge in [-0.3, -0.25) is 0 Å². The van der Waals surface area contributed by atoms with E-state index in [9.17, 15) is 0 Å². The van der Waals surface area contributed by atoms with E-state index < -0.39 is 0 Å². The van der Waals surface area contributed by atoms with E-state index >= 15 is 0 Å². The Kier molecular flexibility index (Phi) is 2.81. The summed E-state index contributed by atoms with van der Waals surface area (Å²) in [5.41, 5.74) is 8.80. The third-order valence-electron chi connectivity index (χ3n) is 3.85. The van der Waals surface area contributed by atoms with Crippen molar-refractivity contribution < 1.29 is 9.47 Å². The van der Waals surface area contributed by atoms with Crippen LogP contribution in [0, 0.1) is 0 Å². The van der Waals surface area contributed by atoms with Crippen LogP contribution in [0.5, 0.6) is 5.75 Å². The lowest BCUT2D eigenvalue weighted by atomic mass is 9.83. The first kappa shape index (κ1) is 11.1. The van der Waals surface area contributed by atoms with Crippen LogP contribution in [0.4, 0.5) is 0 Å². The van der Waals surface area contributed by atoms with Crippen molar-refractivity contribution in [3.8, 4) is 5.75 Å². The van der Waals surface area contributed by atoms with Gasteiger partial charge in [0.25, 0.3) is 0 Å². The summed E-state index contributed by atoms with van der Waals surface area (Å²) in [4.78, 5) is 0. The Morgan fingerprint density at radius 2 is 2.06 bits per heavy atom. The van der Waals surface area contributed by atoms with Crippen LogP contribution in [0.25, 0.3) is 0 Å². The van der Waals surface area contributed by atoms with Gasteiger partial charge in [0.15, 0.2) is 0 Å². The van der Waals surface area contributed by atoms with E-state index in [1.165, 1.54) is 11.1 Å². The van der Waals surface area contributed by atoms with Crippen LogP contribution in [0.1, 0.15) is 30.4 Å². The lowest BCUT2D eigenvalue weighted by Gasteiger charge is -2.29. The van der Waals surface area contributed by atoms with E-state index in [0.29, 0.717) is 0 Å². The molecule has 0 aliphatic carbocycles. The summed E-state index contributed by atoms with van der Waals surface area (Å²) in [5.74, 6) is 1.04. The zero-order valence-electron chi connectivity index (χ0n) is 10.1. The summed E-state index contributed by atoms with van der Waals surface area (Å²) in [6.07, 6.45) is 3.90. The number of para-hydroxylation sites is 1. The van der Waals surface area contributed by atoms with Gasteiger partial charge in [-0.2, -0.15) is 0 Å². The van der Waals surface area contributed by atoms with Crippen LogP contribution in [0.15, 0.2) is 18.2 Å². The average molecular weight is 233 g/mol. The van der Waals surface area contributed by atoms with Crippen molar-refractivity contribution in [1.29, 1.82) is 0 Å². The highest BCUT2D eigenvalue weighted by atomic mass is 16.5. The van der Waals surface area contributed by atoms with Crippen molar-refractivity contribution in [2.45, 2.75) is 31.2 Å². The molecule has 0 saturated carbocycles. The monoisotopic (exact) mass is 233 g/mol. The number of hydrogen-bond donors (Lipinski definition) is 1. The first-order valence-electron chi connectivity index (χ1n) is 6.41. The van der Waals surface area contributed by atoms with Crippen molar-refractivity contribution in [2.24, 2.45) is 5.73 Å². The molecule has 17 heavy (non-hydrogen) atoms. The number of fused-ring (bicyclic) bond motifs is 1. The fourth-order valence-electron chi connectivity index (χ4n) is 2.85. The second kappa shape index (κ2) is 4.31. The Hall–Kier alpha value is -1.06. The van der Waals surface area contributed by atoms with Gasteiger partial charge in [0.2, 0.25) is 0 Å². The molecule has 1 fully saturated rings. The maximum atomic E-state index is 6.59. The predicted molar refractivity (Wildman–Crippen MR) is 66.2 cm³/mol. The molecule has 3 heteroatoms. The predicted octanol–water partition coefficient (Wildman–Crippen LogP) is 1.98. The van der Waals surface area contributed by atoms with Crippen molar-refractivity contribution in [3.63, 3.8) is 0 Å². The van der Waals surface area contributed by atoms with Crippen LogP contribution in [0.2, 0.25) is 0 Å². The summed E-state index contributed by atoms with van der Waals surface area (Å²) in [7, 11) is 0. The molecule has 1 aromatic rings. The molecule has 2 N–H and O–H groups in total. The van der Waals surface area contributed by atoms with Gasteiger partial charge in [0.05, 0.1) is 6.61 Å². The number of ether oxygens (including phenoxy) is 2. The van der Waals surface area contributed by atoms with E-state index in [-0.39, 0.29) is 5.54 Å². The number of hydrogen-bond acceptors (Lipinski definition) is 3. The molecule has 0 radical (unpaired) electrons. The van der Waals surface area contributed by atoms with Crippen LogP contribution < -0.4 is 10.5 Å². The minimum atomic E-state index is -0.272. The van der Waals surface area contributed by atoms with Crippen molar-refractivity contribution in [3.05, 3.63) is 29.3 Å². The molecule has 2 aliphatic rings. The minimum Gasteiger partial charge on any atom is -0.493 e. The lowest BCUT2D eigenvalue weighted by molar-refractivity contribution is 0.139. The highest BCUT2D eigenvalue weighted by molar-refractivity contribution is 5.47. The Morgan fingerprint density at radius 3 is 3.00 bits per heavy atom. The molecule has 0 amide bonds. The molecular formula is C14H19NO2. The van der Waals surface area contributed by atoms with Crippen LogP contribution in [-0.2, 0) is 16.7 Å². The minimum absolute atomic E-state index is 0.272. The van der Waals surface area contributed by atoms with E-state index in [0.717, 1.165) is 51.3 Å². The molecule has 2 heterocycles. The molecule has 0 bridgehead atoms. The maximum Gasteiger partial charge on any atom is 0.127 e. The SMILES string of the molecule is NC1(c2cccc3c2OCC3)CCCOCC1. The van der Waals surface area contributed by atoms with Gasteiger partial charge >= 0.3 is 0 Å². The van der Waals surface area contributed by atoms with Crippen molar-refractivity contribution >= 4 is 0 Å². The maximum absolute atomic E-state index is 6.59. The Labute approximate surface area is 102 Å². The Bertz CT molecular complexity index is 409. The van der Waals surface area contributed by atoms with Gasteiger partial charge < -0.3 is 15.2 Å². The standard InChI is InChI=1S/C14H19NO2/c15-14(6-2-8-16-10-7-14)12-4-1-3-11-5-9-17-13(11)12/h1,3-4H,2,5-10,15H2. The zero-order chi connectivity index (χ0) is 11.7. The van der Waals surface area contributed by atoms with Gasteiger partial charge in [0, 0.05) is 30.7 Å². The Balaban J connectivity index is 1.99. The normalized spacial score (nSPS) is 28.3. The van der Waals surface area contributed by atoms with Gasteiger partial charge in [0.1, 0.15) is 5.75 Å². The van der Waals surface area contributed by atoms with Gasteiger partial charge in [-0.25, -0.2) is 0 Å². The lowest BCUT2D eigenvalue weighted by Crippen LogP contribution is -2.37. The molecule has 3 rings (SSSR count). The summed E-state index contributed by atoms with van der Waals surface area (Å²) >= 11 is 0. The number of benzene rings is 1. The summed E-state index contributed by atoms with van der Waals surface area (Å²) in [6.45, 7) is 2.37. The van der Waals surface area contributed by atoms with E-state index in [1.807, 2.05) is 0 Å². The second-order valence-corrected chi connectivity index (χ2v) is 5.01. The molecule has 0 spiro atoms. The van der Waals surface area contributed by atoms with Gasteiger partial charge in [-0.1, -0.05) is 18.2 Å². The summed E-state index contributed by atoms with van der Waals surface area (Å²) in [6, 6.07) is 6.36. The van der Waals surface area contributed by atoms with Crippen LogP contribution >= 0.6 is 0 Å². The smallest absolute Gasteiger partial charge is 0.127 e. The van der Waals surface area contributed by atoms with Crippen LogP contribution in [0.3, 0.4) is 0 Å². The quantitative estimate of drug-likeness (QED) is 0.806. The third-order valence-corrected chi connectivity index (χ3v) is 3.85. The molecule has 1 aromatic carbocycles. The molecular weight excluding hydrogens is 214 g/mol. The largest absolute Gasteiger partial charge is 0.493 e. The third kappa shape index (κ3) is 1.94. The molecule has 1 saturated heterocycles. The van der Waals surface area contributed by atoms with Gasteiger partial charge in [-0.15, -0.1) is 0 Å². The van der Waals surface area contributed by atoms with Crippen molar-refractivity contribution in [1.82, 2.24) is 0 Å². The molecule has 2 aliphatic heterocycles. The summed E-state index contributed by atoms with van der Waals surface area (Å²) in [5, 5.41) is 0. The van der Waals surface area contributed by atoms with Crippen LogP contribution in [-0.4, -0.2) is 19.8 Å². The molecule has 92 valence electrons. The highest BCUT2D eigenvalue weighted by Gasteiger charge is 2.33. The number of rotatable bonds is 1. The molecule has 1 atom stereocenters. The molecule has 1 unspecified atom stereocenters.